The van der Waals surface area contributed by atoms with Gasteiger partial charge in [0.05, 0.1) is 5.41 Å². The van der Waals surface area contributed by atoms with Gasteiger partial charge in [-0.1, -0.05) is 28.1 Å². The Labute approximate surface area is 110 Å². The summed E-state index contributed by atoms with van der Waals surface area (Å²) in [4.78, 5) is 10.9. The predicted octanol–water partition coefficient (Wildman–Crippen LogP) is 2.69. The molecule has 0 aliphatic rings. The highest BCUT2D eigenvalue weighted by Gasteiger charge is 2.26. The molecule has 0 aliphatic carbocycles. The monoisotopic (exact) mass is 299 g/mol. The fraction of sp³-hybridized carbons (Fsp3) is 0.462. The van der Waals surface area contributed by atoms with Gasteiger partial charge in [-0.15, -0.1) is 0 Å². The van der Waals surface area contributed by atoms with E-state index in [0.717, 1.165) is 17.4 Å². The number of rotatable bonds is 6. The summed E-state index contributed by atoms with van der Waals surface area (Å²) >= 11 is 3.39. The van der Waals surface area contributed by atoms with Gasteiger partial charge in [0.2, 0.25) is 0 Å². The molecule has 1 aromatic carbocycles. The number of hydrogen-bond donors (Lipinski definition) is 2. The van der Waals surface area contributed by atoms with E-state index in [0.29, 0.717) is 6.54 Å². The lowest BCUT2D eigenvalue weighted by molar-refractivity contribution is -0.146. The van der Waals surface area contributed by atoms with Crippen LogP contribution in [0.4, 0.5) is 0 Å². The standard InChI is InChI=1S/C13H18BrNO2/c1-13(2,12(16)17)9-15-8-7-10-3-5-11(14)6-4-10/h3-6,15H,7-9H2,1-2H3,(H,16,17). The van der Waals surface area contributed by atoms with Crippen LogP contribution in [-0.4, -0.2) is 24.2 Å². The van der Waals surface area contributed by atoms with E-state index < -0.39 is 11.4 Å². The average Bonchev–Trinajstić information content (AvgIpc) is 2.26. The van der Waals surface area contributed by atoms with Crippen LogP contribution >= 0.6 is 15.9 Å². The normalized spacial score (nSPS) is 11.5. The number of carbonyl (C=O) groups is 1. The van der Waals surface area contributed by atoms with Crippen LogP contribution in [0, 0.1) is 5.41 Å². The molecule has 4 heteroatoms. The van der Waals surface area contributed by atoms with Crippen molar-refractivity contribution in [2.75, 3.05) is 13.1 Å². The zero-order valence-electron chi connectivity index (χ0n) is 10.2. The first-order valence-electron chi connectivity index (χ1n) is 5.60. The molecule has 3 nitrogen and oxygen atoms in total. The molecule has 2 N–H and O–H groups in total. The second-order valence-electron chi connectivity index (χ2n) is 4.74. The third-order valence-electron chi connectivity index (χ3n) is 2.65. The second-order valence-corrected chi connectivity index (χ2v) is 5.66. The lowest BCUT2D eigenvalue weighted by Gasteiger charge is -2.19. The van der Waals surface area contributed by atoms with Gasteiger partial charge in [0.15, 0.2) is 0 Å². The maximum atomic E-state index is 10.9. The smallest absolute Gasteiger partial charge is 0.310 e. The fourth-order valence-electron chi connectivity index (χ4n) is 1.36. The van der Waals surface area contributed by atoms with Crippen molar-refractivity contribution in [3.63, 3.8) is 0 Å². The quantitative estimate of drug-likeness (QED) is 0.794. The highest BCUT2D eigenvalue weighted by Crippen LogP contribution is 2.13. The summed E-state index contributed by atoms with van der Waals surface area (Å²) in [6.45, 7) is 4.72. The van der Waals surface area contributed by atoms with E-state index in [4.69, 9.17) is 5.11 Å². The van der Waals surface area contributed by atoms with Gasteiger partial charge in [0.25, 0.3) is 0 Å². The van der Waals surface area contributed by atoms with Crippen molar-refractivity contribution in [1.82, 2.24) is 5.32 Å². The highest BCUT2D eigenvalue weighted by atomic mass is 79.9. The number of benzene rings is 1. The molecule has 94 valence electrons. The molecule has 17 heavy (non-hydrogen) atoms. The van der Waals surface area contributed by atoms with Crippen molar-refractivity contribution in [3.8, 4) is 0 Å². The van der Waals surface area contributed by atoms with E-state index in [1.54, 1.807) is 13.8 Å². The van der Waals surface area contributed by atoms with E-state index in [-0.39, 0.29) is 0 Å². The molecule has 0 heterocycles. The van der Waals surface area contributed by atoms with Crippen LogP contribution in [-0.2, 0) is 11.2 Å². The SMILES string of the molecule is CC(C)(CNCCc1ccc(Br)cc1)C(=O)O. The molecule has 0 saturated carbocycles. The molecule has 0 atom stereocenters. The Kier molecular flexibility index (Phi) is 5.15. The minimum absolute atomic E-state index is 0.485. The molecular formula is C13H18BrNO2. The minimum Gasteiger partial charge on any atom is -0.481 e. The number of carboxylic acids is 1. The van der Waals surface area contributed by atoms with Crippen LogP contribution in [0.2, 0.25) is 0 Å². The molecule has 0 fully saturated rings. The topological polar surface area (TPSA) is 49.3 Å². The van der Waals surface area contributed by atoms with Gasteiger partial charge in [-0.3, -0.25) is 4.79 Å². The first kappa shape index (κ1) is 14.2. The molecule has 0 radical (unpaired) electrons. The summed E-state index contributed by atoms with van der Waals surface area (Å²) in [7, 11) is 0. The number of hydrogen-bond acceptors (Lipinski definition) is 2. The number of aliphatic carboxylic acids is 1. The van der Waals surface area contributed by atoms with Crippen molar-refractivity contribution in [1.29, 1.82) is 0 Å². The Morgan fingerprint density at radius 1 is 1.35 bits per heavy atom. The number of halogens is 1. The van der Waals surface area contributed by atoms with E-state index in [2.05, 4.69) is 33.4 Å². The van der Waals surface area contributed by atoms with Gasteiger partial charge < -0.3 is 10.4 Å². The van der Waals surface area contributed by atoms with Crippen molar-refractivity contribution in [2.45, 2.75) is 20.3 Å². The van der Waals surface area contributed by atoms with Crippen LogP contribution in [0.15, 0.2) is 28.7 Å². The maximum absolute atomic E-state index is 10.9. The molecule has 0 bridgehead atoms. The summed E-state index contributed by atoms with van der Waals surface area (Å²) in [5.41, 5.74) is 0.536. The fourth-order valence-corrected chi connectivity index (χ4v) is 1.62. The lowest BCUT2D eigenvalue weighted by atomic mass is 9.94. The number of nitrogens with one attached hydrogen (secondary N) is 1. The molecule has 0 amide bonds. The van der Waals surface area contributed by atoms with Crippen molar-refractivity contribution < 1.29 is 9.90 Å². The Hall–Kier alpha value is -0.870. The molecular weight excluding hydrogens is 282 g/mol. The van der Waals surface area contributed by atoms with E-state index >= 15 is 0 Å². The minimum atomic E-state index is -0.770. The average molecular weight is 300 g/mol. The predicted molar refractivity (Wildman–Crippen MR) is 72.1 cm³/mol. The van der Waals surface area contributed by atoms with Crippen molar-refractivity contribution >= 4 is 21.9 Å². The Morgan fingerprint density at radius 2 is 1.94 bits per heavy atom. The molecule has 0 spiro atoms. The molecule has 0 unspecified atom stereocenters. The Morgan fingerprint density at radius 3 is 2.47 bits per heavy atom. The highest BCUT2D eigenvalue weighted by molar-refractivity contribution is 9.10. The Balaban J connectivity index is 2.29. The Bertz CT molecular complexity index is 374. The zero-order valence-corrected chi connectivity index (χ0v) is 11.8. The first-order chi connectivity index (χ1) is 7.92. The molecule has 0 aromatic heterocycles. The first-order valence-corrected chi connectivity index (χ1v) is 6.40. The summed E-state index contributed by atoms with van der Waals surface area (Å²) in [6.07, 6.45) is 0.906. The van der Waals surface area contributed by atoms with Crippen LogP contribution in [0.5, 0.6) is 0 Å². The summed E-state index contributed by atoms with van der Waals surface area (Å²) in [5, 5.41) is 12.1. The van der Waals surface area contributed by atoms with Crippen LogP contribution < -0.4 is 5.32 Å². The van der Waals surface area contributed by atoms with E-state index in [1.807, 2.05) is 12.1 Å². The lowest BCUT2D eigenvalue weighted by Crippen LogP contribution is -2.36. The van der Waals surface area contributed by atoms with Gasteiger partial charge in [-0.05, 0) is 44.5 Å². The molecule has 0 aliphatic heterocycles. The molecule has 1 rings (SSSR count). The molecule has 1 aromatic rings. The summed E-state index contributed by atoms with van der Waals surface area (Å²) in [6, 6.07) is 8.15. The van der Waals surface area contributed by atoms with Crippen LogP contribution in [0.1, 0.15) is 19.4 Å². The zero-order chi connectivity index (χ0) is 12.9. The van der Waals surface area contributed by atoms with Crippen molar-refractivity contribution in [2.24, 2.45) is 5.41 Å². The van der Waals surface area contributed by atoms with Gasteiger partial charge in [-0.25, -0.2) is 0 Å². The van der Waals surface area contributed by atoms with Gasteiger partial charge in [0.1, 0.15) is 0 Å². The summed E-state index contributed by atoms with van der Waals surface area (Å²) in [5.74, 6) is -0.770. The molecule has 0 saturated heterocycles. The van der Waals surface area contributed by atoms with E-state index in [1.165, 1.54) is 5.56 Å². The largest absolute Gasteiger partial charge is 0.481 e. The van der Waals surface area contributed by atoms with Crippen molar-refractivity contribution in [3.05, 3.63) is 34.3 Å². The summed E-state index contributed by atoms with van der Waals surface area (Å²) < 4.78 is 1.07. The van der Waals surface area contributed by atoms with Gasteiger partial charge >= 0.3 is 5.97 Å². The third kappa shape index (κ3) is 4.88. The van der Waals surface area contributed by atoms with E-state index in [9.17, 15) is 4.79 Å². The maximum Gasteiger partial charge on any atom is 0.310 e. The van der Waals surface area contributed by atoms with Gasteiger partial charge in [-0.2, -0.15) is 0 Å². The van der Waals surface area contributed by atoms with Gasteiger partial charge in [0, 0.05) is 11.0 Å². The third-order valence-corrected chi connectivity index (χ3v) is 3.18. The second kappa shape index (κ2) is 6.17. The van der Waals surface area contributed by atoms with Crippen LogP contribution in [0.3, 0.4) is 0 Å². The number of carboxylic acid groups (broad SMARTS) is 1. The van der Waals surface area contributed by atoms with Crippen LogP contribution in [0.25, 0.3) is 0 Å².